The molecule has 2 heterocycles. The van der Waals surface area contributed by atoms with E-state index >= 15 is 0 Å². The Hall–Kier alpha value is -0.960. The van der Waals surface area contributed by atoms with E-state index in [1.165, 1.54) is 0 Å². The third-order valence-corrected chi connectivity index (χ3v) is 2.53. The number of halogens is 1. The highest BCUT2D eigenvalue weighted by Crippen LogP contribution is 2.25. The molecule has 1 aliphatic rings. The Bertz CT molecular complexity index is 263. The van der Waals surface area contributed by atoms with E-state index in [9.17, 15) is 4.39 Å². The van der Waals surface area contributed by atoms with Gasteiger partial charge in [-0.25, -0.2) is 4.39 Å². The van der Waals surface area contributed by atoms with Gasteiger partial charge in [-0.1, -0.05) is 0 Å². The smallest absolute Gasteiger partial charge is 0.109 e. The minimum Gasteiger partial charge on any atom is -0.316 e. The van der Waals surface area contributed by atoms with E-state index in [1.54, 1.807) is 12.4 Å². The molecule has 0 amide bonds. The van der Waals surface area contributed by atoms with Gasteiger partial charge in [0.05, 0.1) is 0 Å². The van der Waals surface area contributed by atoms with Crippen LogP contribution in [0.2, 0.25) is 0 Å². The quantitative estimate of drug-likeness (QED) is 0.708. The van der Waals surface area contributed by atoms with Crippen LogP contribution in [0.1, 0.15) is 17.9 Å². The van der Waals surface area contributed by atoms with Crippen molar-refractivity contribution >= 4 is 0 Å². The van der Waals surface area contributed by atoms with Crippen molar-refractivity contribution in [3.05, 3.63) is 30.1 Å². The lowest BCUT2D eigenvalue weighted by Gasteiger charge is -2.26. The molecule has 70 valence electrons. The summed E-state index contributed by atoms with van der Waals surface area (Å²) in [6.45, 7) is 1.54. The molecule has 13 heavy (non-hydrogen) atoms. The van der Waals surface area contributed by atoms with Gasteiger partial charge in [-0.2, -0.15) is 0 Å². The molecule has 1 fully saturated rings. The molecule has 0 spiro atoms. The molecule has 0 bridgehead atoms. The Morgan fingerprint density at radius 1 is 1.38 bits per heavy atom. The van der Waals surface area contributed by atoms with Crippen molar-refractivity contribution in [2.45, 2.75) is 18.5 Å². The molecular weight excluding hydrogens is 167 g/mol. The lowest BCUT2D eigenvalue weighted by atomic mass is 9.91. The highest BCUT2D eigenvalue weighted by Gasteiger charge is 2.25. The van der Waals surface area contributed by atoms with Crippen LogP contribution in [0.25, 0.3) is 0 Å². The lowest BCUT2D eigenvalue weighted by molar-refractivity contribution is 0.228. The zero-order valence-corrected chi connectivity index (χ0v) is 7.41. The van der Waals surface area contributed by atoms with Crippen LogP contribution in [0.3, 0.4) is 0 Å². The normalized spacial score (nSPS) is 28.7. The van der Waals surface area contributed by atoms with Crippen molar-refractivity contribution < 1.29 is 4.39 Å². The molecule has 1 N–H and O–H groups in total. The van der Waals surface area contributed by atoms with Gasteiger partial charge >= 0.3 is 0 Å². The van der Waals surface area contributed by atoms with Crippen LogP contribution in [-0.2, 0) is 0 Å². The van der Waals surface area contributed by atoms with Gasteiger partial charge in [0.25, 0.3) is 0 Å². The summed E-state index contributed by atoms with van der Waals surface area (Å²) < 4.78 is 13.5. The van der Waals surface area contributed by atoms with E-state index in [2.05, 4.69) is 10.3 Å². The third kappa shape index (κ3) is 1.86. The molecular formula is C10H13FN2. The first kappa shape index (κ1) is 8.63. The van der Waals surface area contributed by atoms with Crippen molar-refractivity contribution in [1.82, 2.24) is 10.3 Å². The summed E-state index contributed by atoms with van der Waals surface area (Å²) in [4.78, 5) is 3.92. The third-order valence-electron chi connectivity index (χ3n) is 2.53. The monoisotopic (exact) mass is 180 g/mol. The van der Waals surface area contributed by atoms with E-state index in [0.29, 0.717) is 6.42 Å². The van der Waals surface area contributed by atoms with Crippen LogP contribution in [0.4, 0.5) is 4.39 Å². The second-order valence-electron chi connectivity index (χ2n) is 3.40. The average Bonchev–Trinajstić information content (AvgIpc) is 2.20. The molecule has 2 rings (SSSR count). The summed E-state index contributed by atoms with van der Waals surface area (Å²) >= 11 is 0. The first-order valence-corrected chi connectivity index (χ1v) is 4.62. The van der Waals surface area contributed by atoms with E-state index in [4.69, 9.17) is 0 Å². The first-order chi connectivity index (χ1) is 6.38. The van der Waals surface area contributed by atoms with Crippen LogP contribution < -0.4 is 5.32 Å². The largest absolute Gasteiger partial charge is 0.316 e. The average molecular weight is 180 g/mol. The number of aromatic nitrogens is 1. The zero-order chi connectivity index (χ0) is 9.10. The molecule has 1 aliphatic heterocycles. The number of rotatable bonds is 1. The van der Waals surface area contributed by atoms with E-state index < -0.39 is 6.17 Å². The molecule has 1 aromatic rings. The number of hydrogen-bond acceptors (Lipinski definition) is 2. The number of nitrogens with one attached hydrogen (secondary N) is 1. The van der Waals surface area contributed by atoms with E-state index in [1.807, 2.05) is 12.1 Å². The first-order valence-electron chi connectivity index (χ1n) is 4.62. The summed E-state index contributed by atoms with van der Waals surface area (Å²) in [5.74, 6) is 0.0109. The predicted molar refractivity (Wildman–Crippen MR) is 49.4 cm³/mol. The van der Waals surface area contributed by atoms with Crippen molar-refractivity contribution in [3.63, 3.8) is 0 Å². The molecule has 2 unspecified atom stereocenters. The van der Waals surface area contributed by atoms with Crippen molar-refractivity contribution in [3.8, 4) is 0 Å². The SMILES string of the molecule is FC1CCNCC1c1ccncc1. The topological polar surface area (TPSA) is 24.9 Å². The fraction of sp³-hybridized carbons (Fsp3) is 0.500. The minimum absolute atomic E-state index is 0.0109. The van der Waals surface area contributed by atoms with Gasteiger partial charge < -0.3 is 5.32 Å². The number of alkyl halides is 1. The maximum absolute atomic E-state index is 13.5. The summed E-state index contributed by atoms with van der Waals surface area (Å²) in [6.07, 6.45) is 3.35. The van der Waals surface area contributed by atoms with E-state index in [-0.39, 0.29) is 5.92 Å². The Balaban J connectivity index is 2.15. The molecule has 1 saturated heterocycles. The summed E-state index contributed by atoms with van der Waals surface area (Å²) in [7, 11) is 0. The lowest BCUT2D eigenvalue weighted by Crippen LogP contribution is -2.36. The maximum atomic E-state index is 13.5. The van der Waals surface area contributed by atoms with Crippen molar-refractivity contribution in [2.24, 2.45) is 0 Å². The fourth-order valence-corrected chi connectivity index (χ4v) is 1.76. The summed E-state index contributed by atoms with van der Waals surface area (Å²) in [5.41, 5.74) is 1.05. The fourth-order valence-electron chi connectivity index (χ4n) is 1.76. The van der Waals surface area contributed by atoms with Gasteiger partial charge in [0.15, 0.2) is 0 Å². The summed E-state index contributed by atoms with van der Waals surface area (Å²) in [5, 5.41) is 3.20. The van der Waals surface area contributed by atoms with Gasteiger partial charge in [0.2, 0.25) is 0 Å². The second-order valence-corrected chi connectivity index (χ2v) is 3.40. The highest BCUT2D eigenvalue weighted by molar-refractivity contribution is 5.18. The summed E-state index contributed by atoms with van der Waals surface area (Å²) in [6, 6.07) is 3.79. The van der Waals surface area contributed by atoms with Gasteiger partial charge in [0.1, 0.15) is 6.17 Å². The number of pyridine rings is 1. The number of nitrogens with zero attached hydrogens (tertiary/aromatic N) is 1. The van der Waals surface area contributed by atoms with Crippen molar-refractivity contribution in [2.75, 3.05) is 13.1 Å². The highest BCUT2D eigenvalue weighted by atomic mass is 19.1. The van der Waals surface area contributed by atoms with Crippen LogP contribution >= 0.6 is 0 Å². The molecule has 2 atom stereocenters. The van der Waals surface area contributed by atoms with Crippen LogP contribution in [-0.4, -0.2) is 24.2 Å². The molecule has 0 aliphatic carbocycles. The van der Waals surface area contributed by atoms with Crippen LogP contribution in [0, 0.1) is 0 Å². The Labute approximate surface area is 77.2 Å². The molecule has 2 nitrogen and oxygen atoms in total. The Kier molecular flexibility index (Phi) is 2.54. The molecule has 0 aromatic carbocycles. The minimum atomic E-state index is -0.705. The molecule has 0 radical (unpaired) electrons. The van der Waals surface area contributed by atoms with E-state index in [0.717, 1.165) is 18.7 Å². The Morgan fingerprint density at radius 2 is 2.15 bits per heavy atom. The maximum Gasteiger partial charge on any atom is 0.109 e. The second kappa shape index (κ2) is 3.83. The Morgan fingerprint density at radius 3 is 2.85 bits per heavy atom. The molecule has 1 aromatic heterocycles. The van der Waals surface area contributed by atoms with Gasteiger partial charge in [0, 0.05) is 24.9 Å². The number of hydrogen-bond donors (Lipinski definition) is 1. The zero-order valence-electron chi connectivity index (χ0n) is 7.41. The van der Waals surface area contributed by atoms with Gasteiger partial charge in [-0.3, -0.25) is 4.98 Å². The van der Waals surface area contributed by atoms with Crippen LogP contribution in [0.15, 0.2) is 24.5 Å². The molecule has 0 saturated carbocycles. The van der Waals surface area contributed by atoms with Crippen LogP contribution in [0.5, 0.6) is 0 Å². The van der Waals surface area contributed by atoms with Crippen molar-refractivity contribution in [1.29, 1.82) is 0 Å². The molecule has 3 heteroatoms. The van der Waals surface area contributed by atoms with Gasteiger partial charge in [-0.15, -0.1) is 0 Å². The number of piperidine rings is 1. The van der Waals surface area contributed by atoms with Gasteiger partial charge in [-0.05, 0) is 30.7 Å². The predicted octanol–water partition coefficient (Wildman–Crippen LogP) is 1.50. The standard InChI is InChI=1S/C10H13FN2/c11-10-3-6-13-7-9(10)8-1-4-12-5-2-8/h1-2,4-5,9-10,13H,3,6-7H2.